The number of fused-ring (bicyclic) bond motifs is 1. The van der Waals surface area contributed by atoms with Crippen LogP contribution in [0.3, 0.4) is 0 Å². The molecule has 2 N–H and O–H groups in total. The summed E-state index contributed by atoms with van der Waals surface area (Å²) in [6, 6.07) is 0.542. The molecule has 0 aliphatic heterocycles. The van der Waals surface area contributed by atoms with Gasteiger partial charge in [-0.3, -0.25) is 4.79 Å². The third-order valence-electron chi connectivity index (χ3n) is 4.12. The molecule has 4 nitrogen and oxygen atoms in total. The summed E-state index contributed by atoms with van der Waals surface area (Å²) < 4.78 is 0. The molecule has 0 radical (unpaired) electrons. The molecule has 1 unspecified atom stereocenters. The van der Waals surface area contributed by atoms with Gasteiger partial charge >= 0.3 is 0 Å². The highest BCUT2D eigenvalue weighted by Crippen LogP contribution is 2.44. The fourth-order valence-corrected chi connectivity index (χ4v) is 3.47. The second-order valence-corrected chi connectivity index (χ2v) is 7.31. The fourth-order valence-electron chi connectivity index (χ4n) is 2.42. The van der Waals surface area contributed by atoms with Crippen LogP contribution in [0.15, 0.2) is 4.79 Å². The van der Waals surface area contributed by atoms with Gasteiger partial charge in [0.2, 0.25) is 0 Å². The Morgan fingerprint density at radius 3 is 2.79 bits per heavy atom. The van der Waals surface area contributed by atoms with E-state index in [1.807, 2.05) is 13.8 Å². The van der Waals surface area contributed by atoms with E-state index >= 15 is 0 Å². The predicted octanol–water partition coefficient (Wildman–Crippen LogP) is 2.49. The van der Waals surface area contributed by atoms with Gasteiger partial charge in [-0.25, -0.2) is 4.98 Å². The monoisotopic (exact) mass is 277 g/mol. The van der Waals surface area contributed by atoms with Crippen molar-refractivity contribution in [3.05, 3.63) is 26.6 Å². The summed E-state index contributed by atoms with van der Waals surface area (Å²) in [5.74, 6) is 0.737. The van der Waals surface area contributed by atoms with E-state index in [1.165, 1.54) is 11.3 Å². The number of aryl methyl sites for hydroxylation is 2. The fraction of sp³-hybridized carbons (Fsp3) is 0.571. The van der Waals surface area contributed by atoms with Gasteiger partial charge in [-0.1, -0.05) is 13.8 Å². The molecular formula is C14H19N3OS. The quantitative estimate of drug-likeness (QED) is 0.906. The van der Waals surface area contributed by atoms with Gasteiger partial charge in [0.15, 0.2) is 0 Å². The highest BCUT2D eigenvalue weighted by Gasteiger charge is 2.45. The summed E-state index contributed by atoms with van der Waals surface area (Å²) in [6.07, 6.45) is 1.19. The Balaban J connectivity index is 1.87. The molecule has 0 spiro atoms. The number of hydrogen-bond acceptors (Lipinski definition) is 4. The van der Waals surface area contributed by atoms with E-state index in [0.717, 1.165) is 21.6 Å². The number of aromatic nitrogens is 2. The number of nitrogens with one attached hydrogen (secondary N) is 2. The van der Waals surface area contributed by atoms with Gasteiger partial charge in [-0.2, -0.15) is 0 Å². The molecule has 2 aromatic heterocycles. The molecule has 5 heteroatoms. The van der Waals surface area contributed by atoms with Crippen LogP contribution in [0.1, 0.15) is 36.5 Å². The maximum Gasteiger partial charge on any atom is 0.259 e. The van der Waals surface area contributed by atoms with Crippen molar-refractivity contribution in [2.45, 2.75) is 46.7 Å². The van der Waals surface area contributed by atoms with E-state index in [2.05, 4.69) is 29.1 Å². The average Bonchev–Trinajstić information content (AvgIpc) is 2.82. The lowest BCUT2D eigenvalue weighted by molar-refractivity contribution is 0.534. The normalized spacial score (nSPS) is 20.9. The molecule has 1 aliphatic rings. The Hall–Kier alpha value is -1.20. The van der Waals surface area contributed by atoms with Crippen LogP contribution < -0.4 is 10.9 Å². The van der Waals surface area contributed by atoms with Crippen LogP contribution in [0, 0.1) is 19.3 Å². The van der Waals surface area contributed by atoms with Gasteiger partial charge in [0.25, 0.3) is 5.56 Å². The van der Waals surface area contributed by atoms with Crippen molar-refractivity contribution in [1.29, 1.82) is 0 Å². The van der Waals surface area contributed by atoms with Crippen molar-refractivity contribution in [3.63, 3.8) is 0 Å². The van der Waals surface area contributed by atoms with Gasteiger partial charge in [0, 0.05) is 10.9 Å². The second-order valence-electron chi connectivity index (χ2n) is 6.10. The van der Waals surface area contributed by atoms with Gasteiger partial charge in [-0.15, -0.1) is 11.3 Å². The van der Waals surface area contributed by atoms with Crippen LogP contribution >= 0.6 is 11.3 Å². The molecule has 2 aromatic rings. The largest absolute Gasteiger partial charge is 0.309 e. The molecular weight excluding hydrogens is 258 g/mol. The zero-order valence-corrected chi connectivity index (χ0v) is 12.6. The lowest BCUT2D eigenvalue weighted by atomic mass is 10.2. The number of rotatable bonds is 3. The maximum absolute atomic E-state index is 12.1. The third kappa shape index (κ3) is 2.21. The van der Waals surface area contributed by atoms with E-state index in [9.17, 15) is 4.79 Å². The van der Waals surface area contributed by atoms with E-state index in [4.69, 9.17) is 0 Å². The van der Waals surface area contributed by atoms with Crippen molar-refractivity contribution in [2.75, 3.05) is 0 Å². The molecule has 102 valence electrons. The minimum Gasteiger partial charge on any atom is -0.309 e. The number of nitrogens with zero attached hydrogens (tertiary/aromatic N) is 1. The zero-order chi connectivity index (χ0) is 13.8. The molecule has 19 heavy (non-hydrogen) atoms. The summed E-state index contributed by atoms with van der Waals surface area (Å²) >= 11 is 1.60. The van der Waals surface area contributed by atoms with Crippen LogP contribution in [-0.2, 0) is 6.54 Å². The summed E-state index contributed by atoms with van der Waals surface area (Å²) in [5, 5.41) is 4.20. The Bertz CT molecular complexity index is 699. The van der Waals surface area contributed by atoms with Crippen LogP contribution in [0.2, 0.25) is 0 Å². The van der Waals surface area contributed by atoms with Crippen LogP contribution in [-0.4, -0.2) is 16.0 Å². The Morgan fingerprint density at radius 1 is 1.47 bits per heavy atom. The molecule has 3 rings (SSSR count). The molecule has 0 aromatic carbocycles. The molecule has 0 amide bonds. The molecule has 0 saturated heterocycles. The third-order valence-corrected chi connectivity index (χ3v) is 5.22. The minimum absolute atomic E-state index is 0.0151. The smallest absolute Gasteiger partial charge is 0.259 e. The van der Waals surface area contributed by atoms with Gasteiger partial charge in [0.05, 0.1) is 11.9 Å². The highest BCUT2D eigenvalue weighted by molar-refractivity contribution is 7.18. The molecule has 1 saturated carbocycles. The summed E-state index contributed by atoms with van der Waals surface area (Å²) in [7, 11) is 0. The van der Waals surface area contributed by atoms with Crippen LogP contribution in [0.5, 0.6) is 0 Å². The first-order chi connectivity index (χ1) is 8.88. The number of H-pyrrole nitrogens is 1. The van der Waals surface area contributed by atoms with E-state index in [-0.39, 0.29) is 5.56 Å². The molecule has 1 aliphatic carbocycles. The van der Waals surface area contributed by atoms with E-state index in [0.29, 0.717) is 18.0 Å². The number of thiophene rings is 1. The first-order valence-corrected chi connectivity index (χ1v) is 7.42. The topological polar surface area (TPSA) is 57.8 Å². The van der Waals surface area contributed by atoms with Crippen molar-refractivity contribution in [2.24, 2.45) is 5.41 Å². The lowest BCUT2D eigenvalue weighted by Gasteiger charge is -2.06. The van der Waals surface area contributed by atoms with Gasteiger partial charge in [0.1, 0.15) is 10.7 Å². The minimum atomic E-state index is -0.0151. The first-order valence-electron chi connectivity index (χ1n) is 6.61. The first kappa shape index (κ1) is 12.8. The zero-order valence-electron chi connectivity index (χ0n) is 11.8. The van der Waals surface area contributed by atoms with Crippen molar-refractivity contribution in [1.82, 2.24) is 15.3 Å². The lowest BCUT2D eigenvalue weighted by Crippen LogP contribution is -2.23. The number of hydrogen-bond donors (Lipinski definition) is 2. The Kier molecular flexibility index (Phi) is 2.80. The molecule has 2 heterocycles. The summed E-state index contributed by atoms with van der Waals surface area (Å²) in [4.78, 5) is 21.6. The highest BCUT2D eigenvalue weighted by atomic mass is 32.1. The van der Waals surface area contributed by atoms with Crippen LogP contribution in [0.4, 0.5) is 0 Å². The molecule has 1 atom stereocenters. The average molecular weight is 277 g/mol. The maximum atomic E-state index is 12.1. The predicted molar refractivity (Wildman–Crippen MR) is 78.7 cm³/mol. The van der Waals surface area contributed by atoms with Crippen molar-refractivity contribution >= 4 is 21.6 Å². The number of aromatic amines is 1. The van der Waals surface area contributed by atoms with Gasteiger partial charge < -0.3 is 10.3 Å². The molecule has 0 bridgehead atoms. The Labute approximate surface area is 116 Å². The molecule has 1 fully saturated rings. The standard InChI is InChI=1S/C14H19N3OS/c1-7-8(2)19-13-11(7)12(18)16-10(17-13)6-15-9-5-14(9,3)4/h9,15H,5-6H2,1-4H3,(H,16,17,18). The van der Waals surface area contributed by atoms with Gasteiger partial charge in [-0.05, 0) is 31.2 Å². The second kappa shape index (κ2) is 4.15. The van der Waals surface area contributed by atoms with E-state index < -0.39 is 0 Å². The summed E-state index contributed by atoms with van der Waals surface area (Å²) in [6.45, 7) is 9.14. The van der Waals surface area contributed by atoms with E-state index in [1.54, 1.807) is 11.3 Å². The Morgan fingerprint density at radius 2 is 2.16 bits per heavy atom. The van der Waals surface area contributed by atoms with Crippen molar-refractivity contribution < 1.29 is 0 Å². The SMILES string of the molecule is Cc1sc2nc(CNC3CC3(C)C)[nH]c(=O)c2c1C. The summed E-state index contributed by atoms with van der Waals surface area (Å²) in [5.41, 5.74) is 1.43. The van der Waals surface area contributed by atoms with Crippen LogP contribution in [0.25, 0.3) is 10.2 Å². The van der Waals surface area contributed by atoms with Crippen molar-refractivity contribution in [3.8, 4) is 0 Å².